The van der Waals surface area contributed by atoms with Crippen LogP contribution in [0.15, 0.2) is 28.8 Å². The Morgan fingerprint density at radius 2 is 2.18 bits per heavy atom. The van der Waals surface area contributed by atoms with Crippen molar-refractivity contribution in [1.82, 2.24) is 10.1 Å². The zero-order valence-electron chi connectivity index (χ0n) is 9.59. The lowest BCUT2D eigenvalue weighted by atomic mass is 10.1. The quantitative estimate of drug-likeness (QED) is 0.848. The minimum Gasteiger partial charge on any atom is -0.485 e. The minimum atomic E-state index is 0.0989. The Kier molecular flexibility index (Phi) is 3.72. The lowest BCUT2D eigenvalue weighted by Crippen LogP contribution is -2.01. The number of aliphatic hydroxyl groups excluding tert-OH is 1. The predicted octanol–water partition coefficient (Wildman–Crippen LogP) is 1.49. The molecule has 0 spiro atoms. The van der Waals surface area contributed by atoms with E-state index in [0.29, 0.717) is 18.1 Å². The van der Waals surface area contributed by atoms with E-state index in [1.807, 2.05) is 24.3 Å². The van der Waals surface area contributed by atoms with E-state index in [1.165, 1.54) is 0 Å². The molecule has 2 rings (SSSR count). The fourth-order valence-corrected chi connectivity index (χ4v) is 1.51. The van der Waals surface area contributed by atoms with E-state index in [2.05, 4.69) is 10.1 Å². The molecule has 0 bridgehead atoms. The number of nitrogens with zero attached hydrogens (tertiary/aromatic N) is 2. The second-order valence-electron chi connectivity index (χ2n) is 3.60. The monoisotopic (exact) mass is 234 g/mol. The summed E-state index contributed by atoms with van der Waals surface area (Å²) in [6.45, 7) is 2.09. The molecule has 2 aromatic rings. The summed E-state index contributed by atoms with van der Waals surface area (Å²) < 4.78 is 10.4. The third-order valence-corrected chi connectivity index (χ3v) is 2.28. The van der Waals surface area contributed by atoms with E-state index in [9.17, 15) is 0 Å². The molecular formula is C12H14N2O3. The number of para-hydroxylation sites is 1. The number of aromatic nitrogens is 2. The molecule has 0 aliphatic rings. The number of aliphatic hydroxyl groups is 1. The van der Waals surface area contributed by atoms with E-state index < -0.39 is 0 Å². The van der Waals surface area contributed by atoms with Crippen LogP contribution in [0.2, 0.25) is 0 Å². The second-order valence-corrected chi connectivity index (χ2v) is 3.60. The van der Waals surface area contributed by atoms with E-state index >= 15 is 0 Å². The molecular weight excluding hydrogens is 220 g/mol. The van der Waals surface area contributed by atoms with Crippen molar-refractivity contribution in [3.8, 4) is 5.75 Å². The SMILES string of the molecule is Cc1nc(COc2ccccc2CCO)no1. The third-order valence-electron chi connectivity index (χ3n) is 2.28. The van der Waals surface area contributed by atoms with Crippen LogP contribution in [0.4, 0.5) is 0 Å². The van der Waals surface area contributed by atoms with Gasteiger partial charge in [-0.05, 0) is 18.1 Å². The fraction of sp³-hybridized carbons (Fsp3) is 0.333. The van der Waals surface area contributed by atoms with E-state index in [-0.39, 0.29) is 13.2 Å². The van der Waals surface area contributed by atoms with Crippen LogP contribution in [0, 0.1) is 6.92 Å². The van der Waals surface area contributed by atoms with Crippen molar-refractivity contribution in [2.75, 3.05) is 6.61 Å². The normalized spacial score (nSPS) is 10.5. The summed E-state index contributed by atoms with van der Waals surface area (Å²) in [6, 6.07) is 7.58. The molecule has 1 N–H and O–H groups in total. The maximum absolute atomic E-state index is 8.94. The Morgan fingerprint density at radius 3 is 2.88 bits per heavy atom. The third kappa shape index (κ3) is 3.04. The molecule has 0 radical (unpaired) electrons. The summed E-state index contributed by atoms with van der Waals surface area (Å²) in [4.78, 5) is 4.05. The number of rotatable bonds is 5. The van der Waals surface area contributed by atoms with Crippen LogP contribution in [-0.2, 0) is 13.0 Å². The summed E-state index contributed by atoms with van der Waals surface area (Å²) in [7, 11) is 0. The lowest BCUT2D eigenvalue weighted by Gasteiger charge is -2.08. The molecule has 1 aromatic carbocycles. The van der Waals surface area contributed by atoms with E-state index in [1.54, 1.807) is 6.92 Å². The standard InChI is InChI=1S/C12H14N2O3/c1-9-13-12(14-17-9)8-16-11-5-3-2-4-10(11)6-7-15/h2-5,15H,6-8H2,1H3. The molecule has 0 aliphatic carbocycles. The van der Waals surface area contributed by atoms with E-state index in [0.717, 1.165) is 11.3 Å². The Labute approximate surface area is 99.0 Å². The Bertz CT molecular complexity index is 482. The highest BCUT2D eigenvalue weighted by Gasteiger charge is 2.06. The van der Waals surface area contributed by atoms with Crippen LogP contribution < -0.4 is 4.74 Å². The molecule has 0 fully saturated rings. The van der Waals surface area contributed by atoms with Crippen molar-refractivity contribution in [3.05, 3.63) is 41.5 Å². The van der Waals surface area contributed by atoms with Gasteiger partial charge in [0.05, 0.1) is 0 Å². The average molecular weight is 234 g/mol. The Hall–Kier alpha value is -1.88. The van der Waals surface area contributed by atoms with Gasteiger partial charge < -0.3 is 14.4 Å². The highest BCUT2D eigenvalue weighted by molar-refractivity contribution is 5.33. The van der Waals surface area contributed by atoms with Gasteiger partial charge in [0.15, 0.2) is 6.61 Å². The molecule has 1 aromatic heterocycles. The first-order valence-corrected chi connectivity index (χ1v) is 5.40. The van der Waals surface area contributed by atoms with Crippen LogP contribution >= 0.6 is 0 Å². The van der Waals surface area contributed by atoms with Crippen LogP contribution in [0.5, 0.6) is 5.75 Å². The van der Waals surface area contributed by atoms with Gasteiger partial charge in [0.2, 0.25) is 11.7 Å². The molecule has 5 heteroatoms. The fourth-order valence-electron chi connectivity index (χ4n) is 1.51. The first-order valence-electron chi connectivity index (χ1n) is 5.40. The van der Waals surface area contributed by atoms with Crippen molar-refractivity contribution in [1.29, 1.82) is 0 Å². The predicted molar refractivity (Wildman–Crippen MR) is 60.6 cm³/mol. The van der Waals surface area contributed by atoms with Gasteiger partial charge in [0.1, 0.15) is 5.75 Å². The van der Waals surface area contributed by atoms with Gasteiger partial charge >= 0.3 is 0 Å². The zero-order chi connectivity index (χ0) is 12.1. The number of hydrogen-bond acceptors (Lipinski definition) is 5. The Morgan fingerprint density at radius 1 is 1.35 bits per heavy atom. The molecule has 1 heterocycles. The highest BCUT2D eigenvalue weighted by Crippen LogP contribution is 2.19. The first-order chi connectivity index (χ1) is 8.29. The van der Waals surface area contributed by atoms with Gasteiger partial charge in [-0.15, -0.1) is 0 Å². The van der Waals surface area contributed by atoms with Crippen molar-refractivity contribution in [2.24, 2.45) is 0 Å². The van der Waals surface area contributed by atoms with Gasteiger partial charge in [0.25, 0.3) is 0 Å². The molecule has 0 aliphatic heterocycles. The van der Waals surface area contributed by atoms with Gasteiger partial charge in [-0.3, -0.25) is 0 Å². The van der Waals surface area contributed by atoms with Gasteiger partial charge in [-0.25, -0.2) is 0 Å². The maximum atomic E-state index is 8.94. The van der Waals surface area contributed by atoms with Crippen LogP contribution in [0.25, 0.3) is 0 Å². The van der Waals surface area contributed by atoms with Gasteiger partial charge in [-0.2, -0.15) is 4.98 Å². The van der Waals surface area contributed by atoms with Crippen molar-refractivity contribution >= 4 is 0 Å². The van der Waals surface area contributed by atoms with Crippen LogP contribution in [0.1, 0.15) is 17.3 Å². The number of ether oxygens (including phenoxy) is 1. The largest absolute Gasteiger partial charge is 0.485 e. The van der Waals surface area contributed by atoms with Crippen molar-refractivity contribution in [3.63, 3.8) is 0 Å². The van der Waals surface area contributed by atoms with Crippen LogP contribution in [-0.4, -0.2) is 21.9 Å². The smallest absolute Gasteiger partial charge is 0.223 e. The molecule has 0 amide bonds. The molecule has 90 valence electrons. The molecule has 0 saturated carbocycles. The first kappa shape index (κ1) is 11.6. The minimum absolute atomic E-state index is 0.0989. The number of aryl methyl sites for hydroxylation is 1. The molecule has 5 nitrogen and oxygen atoms in total. The molecule has 0 saturated heterocycles. The second kappa shape index (κ2) is 5.45. The zero-order valence-corrected chi connectivity index (χ0v) is 9.59. The number of benzene rings is 1. The molecule has 0 unspecified atom stereocenters. The van der Waals surface area contributed by atoms with Crippen molar-refractivity contribution < 1.29 is 14.4 Å². The summed E-state index contributed by atoms with van der Waals surface area (Å²) in [5, 5.41) is 12.7. The summed E-state index contributed by atoms with van der Waals surface area (Å²) >= 11 is 0. The van der Waals surface area contributed by atoms with Gasteiger partial charge in [-0.1, -0.05) is 23.4 Å². The highest BCUT2D eigenvalue weighted by atomic mass is 16.5. The molecule has 0 atom stereocenters. The Balaban J connectivity index is 2.03. The summed E-state index contributed by atoms with van der Waals surface area (Å²) in [5.74, 6) is 1.78. The maximum Gasteiger partial charge on any atom is 0.223 e. The van der Waals surface area contributed by atoms with Gasteiger partial charge in [0, 0.05) is 13.5 Å². The van der Waals surface area contributed by atoms with E-state index in [4.69, 9.17) is 14.4 Å². The van der Waals surface area contributed by atoms with Crippen molar-refractivity contribution in [2.45, 2.75) is 20.0 Å². The van der Waals surface area contributed by atoms with Crippen LogP contribution in [0.3, 0.4) is 0 Å². The number of hydrogen-bond donors (Lipinski definition) is 1. The topological polar surface area (TPSA) is 68.4 Å². The average Bonchev–Trinajstić information content (AvgIpc) is 2.74. The summed E-state index contributed by atoms with van der Waals surface area (Å²) in [6.07, 6.45) is 0.571. The molecule has 17 heavy (non-hydrogen) atoms. The summed E-state index contributed by atoms with van der Waals surface area (Å²) in [5.41, 5.74) is 0.968. The lowest BCUT2D eigenvalue weighted by molar-refractivity contribution is 0.273.